The zero-order chi connectivity index (χ0) is 18.3. The summed E-state index contributed by atoms with van der Waals surface area (Å²) in [5.74, 6) is -0.506. The lowest BCUT2D eigenvalue weighted by Crippen LogP contribution is -2.55. The number of rotatable bonds is 4. The van der Waals surface area contributed by atoms with Crippen LogP contribution in [0.5, 0.6) is 0 Å². The minimum Gasteiger partial charge on any atom is -0.289 e. The predicted molar refractivity (Wildman–Crippen MR) is 94.9 cm³/mol. The number of urea groups is 1. The van der Waals surface area contributed by atoms with Gasteiger partial charge in [-0.1, -0.05) is 25.5 Å². The summed E-state index contributed by atoms with van der Waals surface area (Å²) in [7, 11) is 0. The van der Waals surface area contributed by atoms with Crippen molar-refractivity contribution in [3.05, 3.63) is 57.3 Å². The Morgan fingerprint density at radius 1 is 1.38 bits per heavy atom. The summed E-state index contributed by atoms with van der Waals surface area (Å²) in [6.45, 7) is 2.64. The average molecular weight is 354 g/mol. The summed E-state index contributed by atoms with van der Waals surface area (Å²) in [5, 5.41) is 6.74. The molecule has 2 N–H and O–H groups in total. The molecular formula is C18H17FN5O2+. The summed E-state index contributed by atoms with van der Waals surface area (Å²) < 4.78 is 16.6. The third-order valence-corrected chi connectivity index (χ3v) is 4.36. The van der Waals surface area contributed by atoms with Crippen LogP contribution >= 0.6 is 0 Å². The highest BCUT2D eigenvalue weighted by Gasteiger charge is 2.24. The van der Waals surface area contributed by atoms with Gasteiger partial charge >= 0.3 is 6.03 Å². The number of para-hydroxylation sites is 1. The van der Waals surface area contributed by atoms with Crippen LogP contribution in [-0.2, 0) is 0 Å². The van der Waals surface area contributed by atoms with Gasteiger partial charge < -0.3 is 0 Å². The van der Waals surface area contributed by atoms with Crippen molar-refractivity contribution in [2.75, 3.05) is 6.54 Å². The molecule has 0 unspecified atom stereocenters. The maximum Gasteiger partial charge on any atom is 0.441 e. The fourth-order valence-corrected chi connectivity index (χ4v) is 2.94. The number of carbonyl (C=O) groups excluding carboxylic acids is 1. The van der Waals surface area contributed by atoms with Crippen LogP contribution in [0.2, 0.25) is 0 Å². The number of hydrogen-bond acceptors (Lipinski definition) is 3. The monoisotopic (exact) mass is 354 g/mol. The van der Waals surface area contributed by atoms with Crippen molar-refractivity contribution in [3.8, 4) is 5.69 Å². The standard InChI is InChI=1S/C18H16FN5O2/c1-2-3-8-20-18(26)23-10-12-15-11(9-21-16(12)23)17(25)24(22-15)14-7-5-4-6-13(14)19/h4-7,9-10H,2-3,8H2,1H3,(H,20,26)/p+1. The molecule has 7 nitrogen and oxygen atoms in total. The van der Waals surface area contributed by atoms with E-state index in [1.165, 1.54) is 22.9 Å². The van der Waals surface area contributed by atoms with Crippen LogP contribution in [0.1, 0.15) is 19.8 Å². The molecule has 3 aromatic rings. The number of amides is 2. The Balaban J connectivity index is 1.80. The van der Waals surface area contributed by atoms with Crippen LogP contribution < -0.4 is 26.2 Å². The first-order valence-corrected chi connectivity index (χ1v) is 8.42. The fourth-order valence-electron chi connectivity index (χ4n) is 2.94. The number of nitrogens with one attached hydrogen (secondary N) is 2. The summed E-state index contributed by atoms with van der Waals surface area (Å²) in [5.41, 5.74) is 0.741. The zero-order valence-electron chi connectivity index (χ0n) is 14.1. The maximum absolute atomic E-state index is 14.0. The Labute approximate surface area is 147 Å². The lowest BCUT2D eigenvalue weighted by molar-refractivity contribution is 0.240. The number of hydrogen-bond donors (Lipinski definition) is 2. The van der Waals surface area contributed by atoms with Gasteiger partial charge in [0.1, 0.15) is 28.3 Å². The highest BCUT2D eigenvalue weighted by Crippen LogP contribution is 2.11. The van der Waals surface area contributed by atoms with Crippen LogP contribution in [-0.4, -0.2) is 27.3 Å². The Hall–Kier alpha value is -3.29. The number of carbonyl (C=O) groups is 1. The van der Waals surface area contributed by atoms with Gasteiger partial charge in [-0.3, -0.25) is 15.2 Å². The molecule has 4 rings (SSSR count). The van der Waals surface area contributed by atoms with E-state index in [2.05, 4.69) is 15.4 Å². The zero-order valence-corrected chi connectivity index (χ0v) is 14.1. The minimum absolute atomic E-state index is 0.135. The van der Waals surface area contributed by atoms with Crippen molar-refractivity contribution in [1.29, 1.82) is 0 Å². The molecule has 0 spiro atoms. The Morgan fingerprint density at radius 3 is 2.96 bits per heavy atom. The molecule has 0 saturated heterocycles. The van der Waals surface area contributed by atoms with Crippen molar-refractivity contribution in [2.24, 2.45) is 0 Å². The Kier molecular flexibility index (Phi) is 3.87. The number of aromatic nitrogens is 3. The highest BCUT2D eigenvalue weighted by molar-refractivity contribution is 5.85. The summed E-state index contributed by atoms with van der Waals surface area (Å²) in [4.78, 5) is 29.0. The largest absolute Gasteiger partial charge is 0.441 e. The molecule has 0 saturated carbocycles. The van der Waals surface area contributed by atoms with E-state index in [4.69, 9.17) is 0 Å². The lowest BCUT2D eigenvalue weighted by atomic mass is 10.2. The number of unbranched alkanes of at least 4 members (excludes halogenated alkanes) is 1. The van der Waals surface area contributed by atoms with E-state index in [-0.39, 0.29) is 17.3 Å². The van der Waals surface area contributed by atoms with E-state index >= 15 is 0 Å². The summed E-state index contributed by atoms with van der Waals surface area (Å²) in [6, 6.07) is 5.76. The first-order chi connectivity index (χ1) is 12.6. The second kappa shape index (κ2) is 6.21. The molecule has 8 heteroatoms. The topological polar surface area (TPSA) is 82.8 Å². The molecule has 132 valence electrons. The SMILES string of the molecule is CCCCNC(=O)[N+]1=c2ncc3c(=O)n(-c4ccccc4F)[nH]c3c2=C1. The normalized spacial score (nSPS) is 12.5. The van der Waals surface area contributed by atoms with Crippen LogP contribution in [0, 0.1) is 5.82 Å². The van der Waals surface area contributed by atoms with Gasteiger partial charge in [-0.2, -0.15) is 4.58 Å². The van der Waals surface area contributed by atoms with Gasteiger partial charge in [0.2, 0.25) is 0 Å². The number of halogens is 1. The van der Waals surface area contributed by atoms with E-state index in [1.807, 2.05) is 6.92 Å². The number of nitrogens with zero attached hydrogens (tertiary/aromatic N) is 3. The smallest absolute Gasteiger partial charge is 0.289 e. The molecule has 3 heterocycles. The fraction of sp³-hybridized carbons (Fsp3) is 0.222. The van der Waals surface area contributed by atoms with Crippen LogP contribution in [0.15, 0.2) is 35.3 Å². The highest BCUT2D eigenvalue weighted by atomic mass is 19.1. The van der Waals surface area contributed by atoms with Gasteiger partial charge in [-0.25, -0.2) is 13.9 Å². The molecule has 26 heavy (non-hydrogen) atoms. The predicted octanol–water partition coefficient (Wildman–Crippen LogP) is 0.605. The summed E-state index contributed by atoms with van der Waals surface area (Å²) in [6.07, 6.45) is 4.92. The Morgan fingerprint density at radius 2 is 2.19 bits per heavy atom. The van der Waals surface area contributed by atoms with Crippen LogP contribution in [0.4, 0.5) is 9.18 Å². The number of fused-ring (bicyclic) bond motifs is 3. The van der Waals surface area contributed by atoms with Gasteiger partial charge in [0.15, 0.2) is 0 Å². The first-order valence-electron chi connectivity index (χ1n) is 8.42. The molecular weight excluding hydrogens is 337 g/mol. The first kappa shape index (κ1) is 16.2. The minimum atomic E-state index is -0.506. The summed E-state index contributed by atoms with van der Waals surface area (Å²) >= 11 is 0. The third kappa shape index (κ3) is 2.42. The number of pyridine rings is 1. The molecule has 1 aromatic carbocycles. The van der Waals surface area contributed by atoms with Gasteiger partial charge in [0.25, 0.3) is 11.0 Å². The van der Waals surface area contributed by atoms with Gasteiger partial charge in [0.05, 0.1) is 18.3 Å². The van der Waals surface area contributed by atoms with E-state index in [0.717, 1.165) is 17.5 Å². The molecule has 2 amide bonds. The van der Waals surface area contributed by atoms with Crippen molar-refractivity contribution < 1.29 is 9.18 Å². The lowest BCUT2D eigenvalue weighted by Gasteiger charge is -2.06. The molecule has 1 aliphatic heterocycles. The molecule has 0 radical (unpaired) electrons. The van der Waals surface area contributed by atoms with Crippen molar-refractivity contribution >= 4 is 23.1 Å². The van der Waals surface area contributed by atoms with E-state index in [1.54, 1.807) is 18.3 Å². The van der Waals surface area contributed by atoms with Crippen molar-refractivity contribution in [1.82, 2.24) is 24.7 Å². The number of H-pyrrole nitrogens is 1. The average Bonchev–Trinajstić information content (AvgIpc) is 2.92. The number of aromatic amines is 1. The van der Waals surface area contributed by atoms with Crippen LogP contribution in [0.3, 0.4) is 0 Å². The molecule has 0 fully saturated rings. The molecule has 0 bridgehead atoms. The molecule has 2 aromatic heterocycles. The second-order valence-electron chi connectivity index (χ2n) is 6.07. The van der Waals surface area contributed by atoms with Gasteiger partial charge in [-0.15, -0.1) is 4.98 Å². The van der Waals surface area contributed by atoms with Gasteiger partial charge in [-0.05, 0) is 18.6 Å². The van der Waals surface area contributed by atoms with Gasteiger partial charge in [0, 0.05) is 0 Å². The quantitative estimate of drug-likeness (QED) is 0.532. The molecule has 0 atom stereocenters. The second-order valence-corrected chi connectivity index (χ2v) is 6.07. The Bertz CT molecular complexity index is 1210. The number of benzene rings is 1. The molecule has 1 aliphatic rings. The van der Waals surface area contributed by atoms with Crippen LogP contribution in [0.25, 0.3) is 22.8 Å². The van der Waals surface area contributed by atoms with E-state index in [9.17, 15) is 14.0 Å². The maximum atomic E-state index is 14.0. The third-order valence-electron chi connectivity index (χ3n) is 4.36. The van der Waals surface area contributed by atoms with Crippen molar-refractivity contribution in [3.63, 3.8) is 0 Å². The van der Waals surface area contributed by atoms with Crippen molar-refractivity contribution in [2.45, 2.75) is 19.8 Å². The van der Waals surface area contributed by atoms with E-state index in [0.29, 0.717) is 28.2 Å². The molecule has 0 aliphatic carbocycles. The van der Waals surface area contributed by atoms with E-state index < -0.39 is 5.82 Å².